The van der Waals surface area contributed by atoms with Crippen molar-refractivity contribution in [1.29, 1.82) is 0 Å². The molecule has 0 aromatic heterocycles. The van der Waals surface area contributed by atoms with Crippen molar-refractivity contribution >= 4 is 27.5 Å². The second kappa shape index (κ2) is 14.2. The number of likely N-dealkylation sites (N-methyl/N-ethyl adjacent to an activating group) is 3. The van der Waals surface area contributed by atoms with Crippen LogP contribution in [0.4, 0.5) is 10.1 Å². The summed E-state index contributed by atoms with van der Waals surface area (Å²) in [5.41, 5.74) is 2.09. The number of benzene rings is 2. The Morgan fingerprint density at radius 1 is 1.08 bits per heavy atom. The molecule has 2 aromatic carbocycles. The molecule has 0 atom stereocenters. The van der Waals surface area contributed by atoms with Crippen LogP contribution in [0.5, 0.6) is 5.75 Å². The largest absolute Gasteiger partial charge is 0.497 e. The van der Waals surface area contributed by atoms with E-state index in [0.717, 1.165) is 10.8 Å². The van der Waals surface area contributed by atoms with E-state index in [1.54, 1.807) is 38.2 Å². The Balaban J connectivity index is 1.94. The molecular weight excluding hydrogens is 525 g/mol. The molecule has 2 amide bonds. The van der Waals surface area contributed by atoms with E-state index in [0.29, 0.717) is 41.1 Å². The first-order valence-corrected chi connectivity index (χ1v) is 14.1. The number of nitrogens with zero attached hydrogens (tertiary/aromatic N) is 3. The van der Waals surface area contributed by atoms with Crippen molar-refractivity contribution in [2.24, 2.45) is 0 Å². The Morgan fingerprint density at radius 2 is 1.77 bits per heavy atom. The zero-order valence-corrected chi connectivity index (χ0v) is 24.6. The number of halogens is 1. The monoisotopic (exact) mass is 565 g/mol. The first kappa shape index (κ1) is 32.0. The highest BCUT2D eigenvalue weighted by molar-refractivity contribution is 7.89. The molecule has 0 radical (unpaired) electrons. The molecule has 0 heterocycles. The van der Waals surface area contributed by atoms with E-state index in [2.05, 4.69) is 10.6 Å². The summed E-state index contributed by atoms with van der Waals surface area (Å²) >= 11 is 0. The van der Waals surface area contributed by atoms with Crippen LogP contribution in [0.15, 0.2) is 35.2 Å². The van der Waals surface area contributed by atoms with E-state index in [4.69, 9.17) is 4.74 Å². The fourth-order valence-corrected chi connectivity index (χ4v) is 5.54. The number of carbonyl (C=O) groups is 2. The third kappa shape index (κ3) is 8.91. The minimum Gasteiger partial charge on any atom is -0.497 e. The minimum absolute atomic E-state index is 0.142. The van der Waals surface area contributed by atoms with Crippen LogP contribution in [0.3, 0.4) is 0 Å². The molecule has 0 saturated heterocycles. The quantitative estimate of drug-likeness (QED) is 0.361. The van der Waals surface area contributed by atoms with E-state index >= 15 is 0 Å². The van der Waals surface area contributed by atoms with E-state index < -0.39 is 34.2 Å². The van der Waals surface area contributed by atoms with Crippen LogP contribution in [-0.2, 0) is 32.6 Å². The lowest BCUT2D eigenvalue weighted by molar-refractivity contribution is -0.132. The van der Waals surface area contributed by atoms with Gasteiger partial charge in [0.05, 0.1) is 30.8 Å². The van der Waals surface area contributed by atoms with Crippen LogP contribution in [-0.4, -0.2) is 95.8 Å². The molecule has 2 N–H and O–H groups in total. The smallest absolute Gasteiger partial charge is 0.243 e. The topological polar surface area (TPSA) is 111 Å². The highest BCUT2D eigenvalue weighted by atomic mass is 32.2. The van der Waals surface area contributed by atoms with Gasteiger partial charge in [-0.3, -0.25) is 9.59 Å². The van der Waals surface area contributed by atoms with Crippen molar-refractivity contribution in [3.8, 4) is 5.75 Å². The van der Waals surface area contributed by atoms with Crippen LogP contribution in [0, 0.1) is 12.7 Å². The van der Waals surface area contributed by atoms with Crippen molar-refractivity contribution in [1.82, 2.24) is 19.4 Å². The van der Waals surface area contributed by atoms with Gasteiger partial charge >= 0.3 is 0 Å². The number of rotatable bonds is 14. The molecule has 0 aliphatic heterocycles. The molecule has 0 aliphatic rings. The van der Waals surface area contributed by atoms with Crippen LogP contribution in [0.1, 0.15) is 23.6 Å². The predicted molar refractivity (Wildman–Crippen MR) is 150 cm³/mol. The van der Waals surface area contributed by atoms with Gasteiger partial charge in [-0.05, 0) is 68.4 Å². The molecule has 12 heteroatoms. The summed E-state index contributed by atoms with van der Waals surface area (Å²) in [5.74, 6) is -0.877. The molecule has 0 saturated carbocycles. The second-order valence-electron chi connectivity index (χ2n) is 9.62. The van der Waals surface area contributed by atoms with Crippen molar-refractivity contribution in [3.05, 3.63) is 52.8 Å². The molecule has 10 nitrogen and oxygen atoms in total. The molecule has 0 fully saturated rings. The average Bonchev–Trinajstić information content (AvgIpc) is 2.87. The summed E-state index contributed by atoms with van der Waals surface area (Å²) in [6.07, 6.45) is 0.465. The second-order valence-corrected chi connectivity index (χ2v) is 11.6. The third-order valence-corrected chi connectivity index (χ3v) is 8.22. The fourth-order valence-electron chi connectivity index (χ4n) is 3.95. The number of ether oxygens (including phenoxy) is 1. The maximum absolute atomic E-state index is 14.4. The van der Waals surface area contributed by atoms with Gasteiger partial charge in [-0.15, -0.1) is 0 Å². The molecule has 0 bridgehead atoms. The normalized spacial score (nSPS) is 11.5. The van der Waals surface area contributed by atoms with Gasteiger partial charge in [-0.1, -0.05) is 13.0 Å². The zero-order valence-electron chi connectivity index (χ0n) is 23.8. The Bertz CT molecular complexity index is 1270. The maximum atomic E-state index is 14.4. The summed E-state index contributed by atoms with van der Waals surface area (Å²) in [4.78, 5) is 28.5. The highest BCUT2D eigenvalue weighted by Gasteiger charge is 2.28. The van der Waals surface area contributed by atoms with Gasteiger partial charge in [0.25, 0.3) is 0 Å². The predicted octanol–water partition coefficient (Wildman–Crippen LogP) is 2.07. The highest BCUT2D eigenvalue weighted by Crippen LogP contribution is 2.28. The van der Waals surface area contributed by atoms with Gasteiger partial charge in [0.2, 0.25) is 21.8 Å². The van der Waals surface area contributed by atoms with Crippen molar-refractivity contribution < 1.29 is 27.1 Å². The fraction of sp³-hybridized carbons (Fsp3) is 0.481. The number of methoxy groups -OCH3 is 1. The van der Waals surface area contributed by atoms with Crippen LogP contribution in [0.25, 0.3) is 0 Å². The number of anilines is 1. The number of nitrogens with one attached hydrogen (secondary N) is 2. The lowest BCUT2D eigenvalue weighted by Crippen LogP contribution is -2.43. The van der Waals surface area contributed by atoms with Crippen molar-refractivity contribution in [3.63, 3.8) is 0 Å². The third-order valence-electron chi connectivity index (χ3n) is 6.17. The van der Waals surface area contributed by atoms with Gasteiger partial charge in [-0.25, -0.2) is 12.8 Å². The van der Waals surface area contributed by atoms with Gasteiger partial charge in [-0.2, -0.15) is 4.31 Å². The maximum Gasteiger partial charge on any atom is 0.243 e. The van der Waals surface area contributed by atoms with Crippen LogP contribution >= 0.6 is 0 Å². The van der Waals surface area contributed by atoms with E-state index in [9.17, 15) is 22.4 Å². The van der Waals surface area contributed by atoms with E-state index in [1.165, 1.54) is 25.1 Å². The molecule has 39 heavy (non-hydrogen) atoms. The molecule has 2 rings (SSSR count). The summed E-state index contributed by atoms with van der Waals surface area (Å²) in [7, 11) is 4.27. The van der Waals surface area contributed by atoms with Gasteiger partial charge in [0.1, 0.15) is 11.6 Å². The number of hydrogen-bond donors (Lipinski definition) is 2. The zero-order chi connectivity index (χ0) is 29.3. The molecule has 0 unspecified atom stereocenters. The van der Waals surface area contributed by atoms with Crippen molar-refractivity contribution in [2.75, 3.05) is 66.8 Å². The first-order chi connectivity index (χ1) is 18.3. The Hall–Kier alpha value is -3.22. The van der Waals surface area contributed by atoms with E-state index in [-0.39, 0.29) is 18.0 Å². The summed E-state index contributed by atoms with van der Waals surface area (Å²) < 4.78 is 47.1. The van der Waals surface area contributed by atoms with Gasteiger partial charge in [0.15, 0.2) is 0 Å². The lowest BCUT2D eigenvalue weighted by Gasteiger charge is -2.21. The SMILES string of the molecule is CCc1cc(OC)cc(C)c1S(=O)(=O)N(C)CC(=O)NCC(=O)N(C)Cc1ccc(NCCN(C)C)c(F)c1. The molecule has 0 spiro atoms. The summed E-state index contributed by atoms with van der Waals surface area (Å²) in [6, 6.07) is 8.03. The van der Waals surface area contributed by atoms with E-state index in [1.807, 2.05) is 25.9 Å². The van der Waals surface area contributed by atoms with Gasteiger partial charge < -0.3 is 25.2 Å². The number of carbonyl (C=O) groups excluding carboxylic acids is 2. The average molecular weight is 566 g/mol. The Labute approximate surface area is 231 Å². The van der Waals surface area contributed by atoms with Crippen molar-refractivity contribution in [2.45, 2.75) is 31.7 Å². The molecule has 0 aliphatic carbocycles. The van der Waals surface area contributed by atoms with Gasteiger partial charge in [0, 0.05) is 33.7 Å². The van der Waals surface area contributed by atoms with Crippen LogP contribution in [0.2, 0.25) is 0 Å². The Kier molecular flexibility index (Phi) is 11.7. The molecule has 216 valence electrons. The summed E-state index contributed by atoms with van der Waals surface area (Å²) in [5, 5.41) is 5.51. The Morgan fingerprint density at radius 3 is 2.36 bits per heavy atom. The number of amides is 2. The standard InChI is InChI=1S/C27H40FN5O5S/c1-8-21-15-22(38-7)13-19(2)27(21)39(36,37)33(6)18-25(34)30-16-26(35)32(5)17-20-9-10-24(23(28)14-20)29-11-12-31(3)4/h9-10,13-15,29H,8,11-12,16-18H2,1-7H3,(H,30,34). The summed E-state index contributed by atoms with van der Waals surface area (Å²) in [6.45, 7) is 4.24. The lowest BCUT2D eigenvalue weighted by atomic mass is 10.1. The first-order valence-electron chi connectivity index (χ1n) is 12.6. The molecule has 2 aromatic rings. The number of sulfonamides is 1. The number of hydrogen-bond acceptors (Lipinski definition) is 7. The minimum atomic E-state index is -3.97. The number of aryl methyl sites for hydroxylation is 2. The van der Waals surface area contributed by atoms with Crippen LogP contribution < -0.4 is 15.4 Å². The molecular formula is C27H40FN5O5S.